The molecule has 0 N–H and O–H groups in total. The van der Waals surface area contributed by atoms with Crippen LogP contribution in [0.25, 0.3) is 0 Å². The fourth-order valence-electron chi connectivity index (χ4n) is 5.38. The Hall–Kier alpha value is -3.62. The molecule has 5 rings (SSSR count). The van der Waals surface area contributed by atoms with Crippen molar-refractivity contribution in [2.24, 2.45) is 11.8 Å². The van der Waals surface area contributed by atoms with Crippen LogP contribution in [0.3, 0.4) is 0 Å². The smallest absolute Gasteiger partial charge is 0.313 e. The fourth-order valence-corrected chi connectivity index (χ4v) is 5.38. The molecule has 2 aromatic carbocycles. The zero-order valence-corrected chi connectivity index (χ0v) is 19.4. The average Bonchev–Trinajstić information content (AvgIpc) is 3.46. The van der Waals surface area contributed by atoms with Crippen LogP contribution >= 0.6 is 0 Å². The fraction of sp³-hybridized carbons (Fsp3) is 0.440. The first-order valence-electron chi connectivity index (χ1n) is 11.1. The first kappa shape index (κ1) is 22.2. The van der Waals surface area contributed by atoms with Crippen LogP contribution in [0.2, 0.25) is 0 Å². The second-order valence-electron chi connectivity index (χ2n) is 8.32. The summed E-state index contributed by atoms with van der Waals surface area (Å²) in [6.45, 7) is 2.21. The normalized spacial score (nSPS) is 24.1. The third-order valence-corrected chi connectivity index (χ3v) is 6.77. The molecule has 2 heterocycles. The zero-order valence-electron chi connectivity index (χ0n) is 19.4. The van der Waals surface area contributed by atoms with Crippen LogP contribution in [0.5, 0.6) is 28.7 Å². The highest BCUT2D eigenvalue weighted by Gasteiger charge is 2.55. The zero-order chi connectivity index (χ0) is 24.0. The molecular formula is C25H26O9. The van der Waals surface area contributed by atoms with Gasteiger partial charge in [0.2, 0.25) is 12.5 Å². The Labute approximate surface area is 196 Å². The lowest BCUT2D eigenvalue weighted by Crippen LogP contribution is -2.38. The van der Waals surface area contributed by atoms with Crippen LogP contribution in [-0.2, 0) is 19.1 Å². The Morgan fingerprint density at radius 3 is 2.18 bits per heavy atom. The van der Waals surface area contributed by atoms with Crippen molar-refractivity contribution in [1.29, 1.82) is 0 Å². The number of esters is 2. The summed E-state index contributed by atoms with van der Waals surface area (Å²) < 4.78 is 38.7. The van der Waals surface area contributed by atoms with Gasteiger partial charge in [-0.15, -0.1) is 0 Å². The minimum Gasteiger partial charge on any atom is -0.493 e. The molecule has 4 atom stereocenters. The number of carbonyl (C=O) groups is 2. The van der Waals surface area contributed by atoms with Gasteiger partial charge in [0.1, 0.15) is 0 Å². The number of cyclic esters (lactones) is 1. The molecule has 2 aliphatic heterocycles. The maximum atomic E-state index is 13.1. The van der Waals surface area contributed by atoms with Crippen molar-refractivity contribution in [2.45, 2.75) is 18.8 Å². The molecular weight excluding hydrogens is 444 g/mol. The second kappa shape index (κ2) is 8.62. The first-order valence-corrected chi connectivity index (χ1v) is 11.1. The summed E-state index contributed by atoms with van der Waals surface area (Å²) in [6.07, 6.45) is 0. The van der Waals surface area contributed by atoms with E-state index in [-0.39, 0.29) is 31.9 Å². The summed E-state index contributed by atoms with van der Waals surface area (Å²) in [7, 11) is 4.61. The molecule has 0 spiro atoms. The summed E-state index contributed by atoms with van der Waals surface area (Å²) in [4.78, 5) is 26.2. The molecule has 0 saturated carbocycles. The molecule has 0 amide bonds. The van der Waals surface area contributed by atoms with Gasteiger partial charge < -0.3 is 33.2 Å². The van der Waals surface area contributed by atoms with Crippen molar-refractivity contribution in [3.8, 4) is 28.7 Å². The predicted molar refractivity (Wildman–Crippen MR) is 118 cm³/mol. The van der Waals surface area contributed by atoms with Gasteiger partial charge in [-0.2, -0.15) is 0 Å². The van der Waals surface area contributed by atoms with Gasteiger partial charge in [0, 0.05) is 11.8 Å². The van der Waals surface area contributed by atoms with Gasteiger partial charge in [-0.05, 0) is 47.9 Å². The van der Waals surface area contributed by atoms with Gasteiger partial charge in [-0.3, -0.25) is 9.59 Å². The molecule has 0 aromatic heterocycles. The standard InChI is InChI=1S/C25H26O9/c1-5-31-24(26)21-14-9-17-16(33-11-34-17)8-13(14)20(22-15(21)10-32-25(22)27)12-6-18(28-2)23(30-4)19(7-12)29-3/h6-9,15,20-22H,5,10-11H2,1-4H3/t15-,20+,21+,22+/m1/s1. The van der Waals surface area contributed by atoms with Crippen LogP contribution in [0.4, 0.5) is 0 Å². The molecule has 3 aliphatic rings. The molecule has 9 heteroatoms. The van der Waals surface area contributed by atoms with E-state index in [4.69, 9.17) is 33.2 Å². The van der Waals surface area contributed by atoms with E-state index in [0.717, 1.165) is 16.7 Å². The number of hydrogen-bond donors (Lipinski definition) is 0. The molecule has 0 bridgehead atoms. The van der Waals surface area contributed by atoms with Crippen LogP contribution in [0.15, 0.2) is 24.3 Å². The number of benzene rings is 2. The van der Waals surface area contributed by atoms with Crippen LogP contribution in [0.1, 0.15) is 35.4 Å². The van der Waals surface area contributed by atoms with Crippen molar-refractivity contribution in [3.63, 3.8) is 0 Å². The van der Waals surface area contributed by atoms with Crippen molar-refractivity contribution >= 4 is 11.9 Å². The van der Waals surface area contributed by atoms with Gasteiger partial charge in [-0.25, -0.2) is 0 Å². The van der Waals surface area contributed by atoms with E-state index < -0.39 is 23.7 Å². The minimum absolute atomic E-state index is 0.0893. The Morgan fingerprint density at radius 1 is 0.941 bits per heavy atom. The lowest BCUT2D eigenvalue weighted by molar-refractivity contribution is -0.147. The van der Waals surface area contributed by atoms with Crippen molar-refractivity contribution in [2.75, 3.05) is 41.3 Å². The highest BCUT2D eigenvalue weighted by atomic mass is 16.7. The lowest BCUT2D eigenvalue weighted by Gasteiger charge is -2.38. The second-order valence-corrected chi connectivity index (χ2v) is 8.32. The minimum atomic E-state index is -0.667. The van der Waals surface area contributed by atoms with E-state index in [0.29, 0.717) is 28.7 Å². The van der Waals surface area contributed by atoms with E-state index in [9.17, 15) is 9.59 Å². The van der Waals surface area contributed by atoms with Gasteiger partial charge in [0.15, 0.2) is 23.0 Å². The maximum absolute atomic E-state index is 13.1. The van der Waals surface area contributed by atoms with E-state index in [1.807, 2.05) is 24.3 Å². The van der Waals surface area contributed by atoms with E-state index in [1.54, 1.807) is 6.92 Å². The van der Waals surface area contributed by atoms with Gasteiger partial charge in [-0.1, -0.05) is 0 Å². The van der Waals surface area contributed by atoms with Crippen LogP contribution < -0.4 is 23.7 Å². The Bertz CT molecular complexity index is 1120. The molecule has 1 aliphatic carbocycles. The summed E-state index contributed by atoms with van der Waals surface area (Å²) >= 11 is 0. The molecule has 180 valence electrons. The van der Waals surface area contributed by atoms with Crippen molar-refractivity contribution in [1.82, 2.24) is 0 Å². The number of rotatable bonds is 6. The Balaban J connectivity index is 1.75. The summed E-state index contributed by atoms with van der Waals surface area (Å²) in [5.41, 5.74) is 2.28. The lowest BCUT2D eigenvalue weighted by atomic mass is 9.63. The summed E-state index contributed by atoms with van der Waals surface area (Å²) in [5, 5.41) is 0. The highest BCUT2D eigenvalue weighted by molar-refractivity contribution is 5.86. The summed E-state index contributed by atoms with van der Waals surface area (Å²) in [5.74, 6) is -0.365. The highest BCUT2D eigenvalue weighted by Crippen LogP contribution is 2.56. The monoisotopic (exact) mass is 470 g/mol. The van der Waals surface area contributed by atoms with Crippen molar-refractivity contribution in [3.05, 3.63) is 41.0 Å². The van der Waals surface area contributed by atoms with Crippen LogP contribution in [-0.4, -0.2) is 53.3 Å². The van der Waals surface area contributed by atoms with Gasteiger partial charge in [0.05, 0.1) is 46.4 Å². The van der Waals surface area contributed by atoms with Crippen LogP contribution in [0, 0.1) is 11.8 Å². The third kappa shape index (κ3) is 3.29. The molecule has 1 fully saturated rings. The number of carbonyl (C=O) groups excluding carboxylic acids is 2. The van der Waals surface area contributed by atoms with Gasteiger partial charge in [0.25, 0.3) is 0 Å². The van der Waals surface area contributed by atoms with Gasteiger partial charge >= 0.3 is 11.9 Å². The number of ether oxygens (including phenoxy) is 7. The number of hydrogen-bond acceptors (Lipinski definition) is 9. The molecule has 2 aromatic rings. The maximum Gasteiger partial charge on any atom is 0.313 e. The van der Waals surface area contributed by atoms with E-state index >= 15 is 0 Å². The summed E-state index contributed by atoms with van der Waals surface area (Å²) in [6, 6.07) is 7.32. The predicted octanol–water partition coefficient (Wildman–Crippen LogP) is 3.02. The molecule has 1 saturated heterocycles. The topological polar surface area (TPSA) is 98.8 Å². The van der Waals surface area contributed by atoms with E-state index in [2.05, 4.69) is 0 Å². The quantitative estimate of drug-likeness (QED) is 0.590. The average molecular weight is 470 g/mol. The molecule has 0 unspecified atom stereocenters. The number of fused-ring (bicyclic) bond motifs is 3. The molecule has 34 heavy (non-hydrogen) atoms. The Morgan fingerprint density at radius 2 is 1.59 bits per heavy atom. The molecule has 0 radical (unpaired) electrons. The SMILES string of the molecule is CCOC(=O)[C@H]1c2cc3c(cc2[C@H](c2cc(OC)c(OC)c(OC)c2)[C@H]2C(=O)OC[C@@H]21)OCO3. The first-order chi connectivity index (χ1) is 16.5. The van der Waals surface area contributed by atoms with E-state index in [1.165, 1.54) is 21.3 Å². The third-order valence-electron chi connectivity index (χ3n) is 6.77. The largest absolute Gasteiger partial charge is 0.493 e. The Kier molecular flexibility index (Phi) is 5.63. The van der Waals surface area contributed by atoms with Crippen molar-refractivity contribution < 1.29 is 42.7 Å². The molecule has 9 nitrogen and oxygen atoms in total. The number of methoxy groups -OCH3 is 3.